The predicted molar refractivity (Wildman–Crippen MR) is 244 cm³/mol. The van der Waals surface area contributed by atoms with E-state index in [0.29, 0.717) is 33.7 Å². The van der Waals surface area contributed by atoms with E-state index in [4.69, 9.17) is 18.9 Å². The lowest BCUT2D eigenvalue weighted by Gasteiger charge is -2.42. The number of rotatable bonds is 23. The molecule has 5 aromatic rings. The molecule has 1 aliphatic rings. The Morgan fingerprint density at radius 1 is 0.882 bits per heavy atom. The van der Waals surface area contributed by atoms with Gasteiger partial charge in [-0.25, -0.2) is 4.68 Å². The van der Waals surface area contributed by atoms with Gasteiger partial charge in [0.2, 0.25) is 0 Å². The highest BCUT2D eigenvalue weighted by Crippen LogP contribution is 2.30. The fraction of sp³-hybridized carbons (Fsp3) is 0.409. The lowest BCUT2D eigenvalue weighted by Crippen LogP contribution is -2.62. The molecule has 1 aliphatic heterocycles. The first-order valence-corrected chi connectivity index (χ1v) is 22.8. The second-order valence-corrected chi connectivity index (χ2v) is 17.3. The van der Waals surface area contributed by atoms with Crippen LogP contribution in [0.1, 0.15) is 23.0 Å². The molecular weight excluding hydrogens is 911 g/mol. The molecule has 23 nitrogen and oxygen atoms in total. The number of nitrogens with one attached hydrogen (secondary N) is 3. The molecule has 4 aromatic carbocycles. The SMILES string of the molecule is CN(C)c1ccc(/N=N/c2ccc(C(=O)NCc3cn(CCOCCO[C@H](O[C@@H]4O[C@H](CO)[C@@H](O)[C@H](O)[C@H]4O)[C@@](C)(O)C(=O)NCCNc4cccc5c(S(=O)(=O)O)cccc45)nn3)cc2)cc1. The van der Waals surface area contributed by atoms with E-state index >= 15 is 0 Å². The summed E-state index contributed by atoms with van der Waals surface area (Å²) in [5, 5.41) is 78.2. The van der Waals surface area contributed by atoms with Gasteiger partial charge in [-0.15, -0.1) is 5.10 Å². The van der Waals surface area contributed by atoms with Crippen molar-refractivity contribution in [3.63, 3.8) is 0 Å². The van der Waals surface area contributed by atoms with Crippen molar-refractivity contribution < 1.29 is 67.0 Å². The molecule has 0 radical (unpaired) electrons. The number of carbonyl (C=O) groups excluding carboxylic acids is 2. The predicted octanol–water partition coefficient (Wildman–Crippen LogP) is 1.24. The summed E-state index contributed by atoms with van der Waals surface area (Å²) in [5.74, 6) is -1.32. The zero-order valence-corrected chi connectivity index (χ0v) is 38.1. The van der Waals surface area contributed by atoms with Gasteiger partial charge in [-0.3, -0.25) is 14.1 Å². The summed E-state index contributed by atoms with van der Waals surface area (Å²) in [6, 6.07) is 23.4. The van der Waals surface area contributed by atoms with Gasteiger partial charge in [0.15, 0.2) is 18.2 Å². The molecule has 0 spiro atoms. The van der Waals surface area contributed by atoms with Crippen molar-refractivity contribution in [2.75, 3.05) is 63.8 Å². The van der Waals surface area contributed by atoms with Crippen molar-refractivity contribution in [2.45, 2.75) is 67.5 Å². The van der Waals surface area contributed by atoms with Crippen LogP contribution in [0.15, 0.2) is 106 Å². The number of carbonyl (C=O) groups is 2. The Labute approximate surface area is 391 Å². The third-order valence-corrected chi connectivity index (χ3v) is 11.6. The van der Waals surface area contributed by atoms with Crippen molar-refractivity contribution in [1.29, 1.82) is 0 Å². The van der Waals surface area contributed by atoms with Gasteiger partial charge in [-0.2, -0.15) is 18.6 Å². The molecule has 0 aliphatic carbocycles. The molecule has 1 fully saturated rings. The van der Waals surface area contributed by atoms with Crippen molar-refractivity contribution >= 4 is 55.5 Å². The molecule has 1 saturated heterocycles. The van der Waals surface area contributed by atoms with Crippen molar-refractivity contribution in [3.8, 4) is 0 Å². The minimum Gasteiger partial charge on any atom is -0.394 e. The van der Waals surface area contributed by atoms with E-state index in [1.165, 1.54) is 22.9 Å². The maximum atomic E-state index is 13.4. The monoisotopic (exact) mass is 965 g/mol. The lowest BCUT2D eigenvalue weighted by atomic mass is 9.99. The van der Waals surface area contributed by atoms with E-state index in [1.54, 1.807) is 48.7 Å². The quantitative estimate of drug-likeness (QED) is 0.0192. The number of aliphatic hydroxyl groups is 5. The number of aliphatic hydroxyl groups excluding tert-OH is 4. The fourth-order valence-electron chi connectivity index (χ4n) is 6.84. The number of benzene rings is 4. The Kier molecular flexibility index (Phi) is 17.6. The lowest BCUT2D eigenvalue weighted by molar-refractivity contribution is -0.355. The highest BCUT2D eigenvalue weighted by atomic mass is 32.2. The van der Waals surface area contributed by atoms with Crippen LogP contribution in [0.3, 0.4) is 0 Å². The van der Waals surface area contributed by atoms with Gasteiger partial charge in [-0.1, -0.05) is 29.5 Å². The average Bonchev–Trinajstić information content (AvgIpc) is 3.79. The van der Waals surface area contributed by atoms with Gasteiger partial charge in [0, 0.05) is 54.9 Å². The van der Waals surface area contributed by atoms with Crippen LogP contribution in [0, 0.1) is 0 Å². The summed E-state index contributed by atoms with van der Waals surface area (Å²) in [6.07, 6.45) is -8.78. The fourth-order valence-corrected chi connectivity index (χ4v) is 7.55. The van der Waals surface area contributed by atoms with Crippen LogP contribution in [0.25, 0.3) is 10.8 Å². The third-order valence-electron chi connectivity index (χ3n) is 10.7. The zero-order chi connectivity index (χ0) is 49.0. The van der Waals surface area contributed by atoms with Gasteiger partial charge in [0.05, 0.1) is 57.1 Å². The van der Waals surface area contributed by atoms with Crippen molar-refractivity contribution in [2.24, 2.45) is 10.2 Å². The standard InChI is InChI=1S/C44H55N9O14S/c1-44(60,42(59)46-19-18-45-34-8-4-7-33-32(34)6-5-9-36(33)68(61,62)63)43(67-41-39(57)38(56)37(55)35(26-54)66-41)65-23-22-64-21-20-53-25-30(50-51-53)24-47-40(58)27-10-12-28(13-11-27)48-49-29-14-16-31(17-15-29)52(2)3/h4-17,25,35,37-39,41,43,45,54-57,60H,18-24,26H2,1-3H3,(H,46,59)(H,47,58)(H,61,62,63)/b49-48+/t35-,37-,38+,39-,41+,43-,44+/m1/s1. The van der Waals surface area contributed by atoms with Crippen molar-refractivity contribution in [1.82, 2.24) is 25.6 Å². The van der Waals surface area contributed by atoms with Gasteiger partial charge >= 0.3 is 0 Å². The van der Waals surface area contributed by atoms with Crippen molar-refractivity contribution in [3.05, 3.63) is 102 Å². The summed E-state index contributed by atoms with van der Waals surface area (Å²) < 4.78 is 57.5. The third kappa shape index (κ3) is 13.4. The number of fused-ring (bicyclic) bond motifs is 1. The van der Waals surface area contributed by atoms with Crippen LogP contribution in [-0.4, -0.2) is 162 Å². The molecule has 0 unspecified atom stereocenters. The van der Waals surface area contributed by atoms with Crippen LogP contribution in [0.5, 0.6) is 0 Å². The molecule has 1 aromatic heterocycles. The second-order valence-electron chi connectivity index (χ2n) is 15.9. The molecule has 9 N–H and O–H groups in total. The Bertz CT molecular complexity index is 2600. The Morgan fingerprint density at radius 2 is 1.56 bits per heavy atom. The first kappa shape index (κ1) is 51.4. The van der Waals surface area contributed by atoms with Gasteiger partial charge in [0.1, 0.15) is 35.0 Å². The minimum atomic E-state index is -4.50. The highest BCUT2D eigenvalue weighted by Gasteiger charge is 2.49. The van der Waals surface area contributed by atoms with E-state index < -0.39 is 65.2 Å². The smallest absolute Gasteiger partial charge is 0.295 e. The Morgan fingerprint density at radius 3 is 2.24 bits per heavy atom. The van der Waals surface area contributed by atoms with E-state index in [9.17, 15) is 48.1 Å². The molecule has 24 heteroatoms. The van der Waals surface area contributed by atoms with E-state index in [2.05, 4.69) is 36.5 Å². The summed E-state index contributed by atoms with van der Waals surface area (Å²) in [6.45, 7) is 0.412. The first-order chi connectivity index (χ1) is 32.5. The molecule has 7 atom stereocenters. The zero-order valence-electron chi connectivity index (χ0n) is 37.3. The highest BCUT2D eigenvalue weighted by molar-refractivity contribution is 7.86. The van der Waals surface area contributed by atoms with Crippen LogP contribution in [-0.2, 0) is 46.9 Å². The number of hydrogen-bond donors (Lipinski definition) is 9. The Balaban J connectivity index is 0.968. The van der Waals surface area contributed by atoms with E-state index in [-0.39, 0.29) is 62.2 Å². The summed E-state index contributed by atoms with van der Waals surface area (Å²) in [7, 11) is -0.598. The van der Waals surface area contributed by atoms with Crippen LogP contribution in [0.4, 0.5) is 22.7 Å². The van der Waals surface area contributed by atoms with Gasteiger partial charge in [0.25, 0.3) is 21.9 Å². The number of ether oxygens (including phenoxy) is 4. The molecule has 0 saturated carbocycles. The van der Waals surface area contributed by atoms with Crippen LogP contribution >= 0.6 is 0 Å². The maximum absolute atomic E-state index is 13.4. The minimum absolute atomic E-state index is 0.0774. The Hall–Kier alpha value is -6.03. The number of nitrogens with zero attached hydrogens (tertiary/aromatic N) is 6. The molecule has 6 rings (SSSR count). The first-order valence-electron chi connectivity index (χ1n) is 21.3. The number of aromatic nitrogens is 3. The van der Waals surface area contributed by atoms with Crippen LogP contribution in [0.2, 0.25) is 0 Å². The summed E-state index contributed by atoms with van der Waals surface area (Å²) in [5.41, 5.74) is 1.23. The molecule has 68 heavy (non-hydrogen) atoms. The average molecular weight is 966 g/mol. The molecule has 0 bridgehead atoms. The number of azo groups is 1. The van der Waals surface area contributed by atoms with Crippen LogP contribution < -0.4 is 20.9 Å². The van der Waals surface area contributed by atoms with E-state index in [1.807, 2.05) is 43.3 Å². The molecule has 2 heterocycles. The normalized spacial score (nSPS) is 19.9. The second kappa shape index (κ2) is 23.3. The molecule has 2 amide bonds. The molecular formula is C44H55N9O14S. The summed E-state index contributed by atoms with van der Waals surface area (Å²) in [4.78, 5) is 28.0. The maximum Gasteiger partial charge on any atom is 0.295 e. The largest absolute Gasteiger partial charge is 0.394 e. The number of hydrogen-bond acceptors (Lipinski definition) is 19. The number of anilines is 2. The van der Waals surface area contributed by atoms with Gasteiger partial charge < -0.3 is 65.3 Å². The topological polar surface area (TPSA) is 321 Å². The van der Waals surface area contributed by atoms with Gasteiger partial charge in [-0.05, 0) is 67.6 Å². The number of amides is 2. The molecule has 366 valence electrons. The van der Waals surface area contributed by atoms with E-state index in [0.717, 1.165) is 12.6 Å². The summed E-state index contributed by atoms with van der Waals surface area (Å²) >= 11 is 0.